The van der Waals surface area contributed by atoms with E-state index in [0.717, 1.165) is 64.2 Å². The van der Waals surface area contributed by atoms with Gasteiger partial charge in [-0.25, -0.2) is 0 Å². The Morgan fingerprint density at radius 2 is 1.52 bits per heavy atom. The lowest BCUT2D eigenvalue weighted by Crippen LogP contribution is -2.28. The van der Waals surface area contributed by atoms with Gasteiger partial charge in [-0.1, -0.05) is 64.5 Å². The zero-order valence-electron chi connectivity index (χ0n) is 21.2. The Morgan fingerprint density at radius 3 is 2.10 bits per heavy atom. The van der Waals surface area contributed by atoms with E-state index in [-0.39, 0.29) is 12.0 Å². The molecular weight excluding hydrogens is 403 g/mol. The molecule has 1 rings (SSSR count). The summed E-state index contributed by atoms with van der Waals surface area (Å²) < 4.78 is 0. The molecule has 6 atom stereocenters. The molecule has 0 bridgehead atoms. The predicted octanol–water partition coefficient (Wildman–Crippen LogP) is 6.91. The zero-order valence-corrected chi connectivity index (χ0v) is 22.4. The van der Waals surface area contributed by atoms with Gasteiger partial charge < -0.3 is 15.3 Å². The number of aliphatic hydroxyl groups is 3. The highest BCUT2D eigenvalue weighted by atomic mass is 31.0. The average molecular weight is 455 g/mol. The van der Waals surface area contributed by atoms with Crippen molar-refractivity contribution in [3.63, 3.8) is 0 Å². The monoisotopic (exact) mass is 454 g/mol. The van der Waals surface area contributed by atoms with Crippen molar-refractivity contribution in [3.8, 4) is 0 Å². The van der Waals surface area contributed by atoms with Gasteiger partial charge in [0.05, 0.1) is 17.3 Å². The first-order valence-corrected chi connectivity index (χ1v) is 13.3. The van der Waals surface area contributed by atoms with E-state index in [4.69, 9.17) is 0 Å². The number of rotatable bonds is 15. The minimum Gasteiger partial charge on any atom is -0.390 e. The number of hydrogen-bond acceptors (Lipinski definition) is 3. The lowest BCUT2D eigenvalue weighted by atomic mass is 9.84. The number of aliphatic hydroxyl groups excluding tert-OH is 1. The van der Waals surface area contributed by atoms with E-state index in [1.807, 2.05) is 19.9 Å². The van der Waals surface area contributed by atoms with Gasteiger partial charge >= 0.3 is 0 Å². The van der Waals surface area contributed by atoms with Crippen LogP contribution in [0.1, 0.15) is 119 Å². The van der Waals surface area contributed by atoms with Gasteiger partial charge in [0.2, 0.25) is 0 Å². The highest BCUT2D eigenvalue weighted by Gasteiger charge is 2.25. The second kappa shape index (κ2) is 13.5. The van der Waals surface area contributed by atoms with Crippen LogP contribution in [0.2, 0.25) is 0 Å². The molecule has 0 amide bonds. The maximum atomic E-state index is 10.8. The van der Waals surface area contributed by atoms with Crippen LogP contribution < -0.4 is 0 Å². The molecule has 6 unspecified atom stereocenters. The first kappa shape index (κ1) is 28.8. The van der Waals surface area contributed by atoms with Crippen molar-refractivity contribution in [3.05, 3.63) is 22.5 Å². The molecule has 4 heteroatoms. The molecule has 31 heavy (non-hydrogen) atoms. The van der Waals surface area contributed by atoms with Crippen LogP contribution >= 0.6 is 9.24 Å². The smallest absolute Gasteiger partial charge is 0.0789 e. The van der Waals surface area contributed by atoms with E-state index in [1.165, 1.54) is 29.3 Å². The van der Waals surface area contributed by atoms with Crippen molar-refractivity contribution >= 4 is 9.24 Å². The number of allylic oxidation sites excluding steroid dienone is 2. The molecule has 0 aromatic heterocycles. The summed E-state index contributed by atoms with van der Waals surface area (Å²) in [6, 6.07) is 0. The molecular formula is C27H51O3P. The van der Waals surface area contributed by atoms with Crippen LogP contribution in [0.25, 0.3) is 0 Å². The third kappa shape index (κ3) is 11.0. The largest absolute Gasteiger partial charge is 0.390 e. The molecule has 0 saturated carbocycles. The van der Waals surface area contributed by atoms with Crippen molar-refractivity contribution in [1.82, 2.24) is 0 Å². The summed E-state index contributed by atoms with van der Waals surface area (Å²) in [5, 5.41) is 32.8. The van der Waals surface area contributed by atoms with Crippen molar-refractivity contribution in [1.29, 1.82) is 0 Å². The summed E-state index contributed by atoms with van der Waals surface area (Å²) >= 11 is 0. The summed E-state index contributed by atoms with van der Waals surface area (Å²) in [6.45, 7) is 12.6. The Balaban J connectivity index is 2.30. The Bertz CT molecular complexity index is 591. The van der Waals surface area contributed by atoms with Crippen molar-refractivity contribution in [2.75, 3.05) is 0 Å². The third-order valence-corrected chi connectivity index (χ3v) is 8.23. The summed E-state index contributed by atoms with van der Waals surface area (Å²) in [7, 11) is 2.87. The van der Waals surface area contributed by atoms with Crippen LogP contribution in [-0.2, 0) is 0 Å². The van der Waals surface area contributed by atoms with Crippen molar-refractivity contribution in [2.24, 2.45) is 11.8 Å². The predicted molar refractivity (Wildman–Crippen MR) is 137 cm³/mol. The van der Waals surface area contributed by atoms with Crippen LogP contribution in [0.3, 0.4) is 0 Å². The normalized spacial score (nSPS) is 24.5. The third-order valence-electron chi connectivity index (χ3n) is 7.41. The van der Waals surface area contributed by atoms with Gasteiger partial charge in [-0.2, -0.15) is 0 Å². The van der Waals surface area contributed by atoms with Gasteiger partial charge in [0.25, 0.3) is 0 Å². The van der Waals surface area contributed by atoms with E-state index in [2.05, 4.69) is 36.9 Å². The van der Waals surface area contributed by atoms with E-state index in [1.54, 1.807) is 0 Å². The van der Waals surface area contributed by atoms with Crippen LogP contribution in [0, 0.1) is 11.8 Å². The van der Waals surface area contributed by atoms with Crippen molar-refractivity contribution in [2.45, 2.75) is 136 Å². The minimum absolute atomic E-state index is 0.205. The second-order valence-electron chi connectivity index (χ2n) is 10.9. The molecule has 3 N–H and O–H groups in total. The Kier molecular flexibility index (Phi) is 12.5. The van der Waals surface area contributed by atoms with Gasteiger partial charge in [-0.05, 0) is 82.5 Å². The molecule has 3 nitrogen and oxygen atoms in total. The first-order chi connectivity index (χ1) is 14.4. The van der Waals surface area contributed by atoms with Gasteiger partial charge in [0.15, 0.2) is 0 Å². The molecule has 0 radical (unpaired) electrons. The molecule has 0 saturated heterocycles. The lowest BCUT2D eigenvalue weighted by molar-refractivity contribution is 0.0107. The Labute approximate surface area is 195 Å². The van der Waals surface area contributed by atoms with E-state index in [0.29, 0.717) is 5.92 Å². The molecule has 0 spiro atoms. The number of unbranched alkanes of at least 4 members (excludes halogenated alkanes) is 2. The second-order valence-corrected chi connectivity index (χ2v) is 11.5. The topological polar surface area (TPSA) is 60.7 Å². The van der Waals surface area contributed by atoms with Crippen LogP contribution in [0.5, 0.6) is 0 Å². The molecule has 0 aromatic rings. The van der Waals surface area contributed by atoms with Crippen LogP contribution in [0.15, 0.2) is 22.5 Å². The fourth-order valence-corrected chi connectivity index (χ4v) is 5.15. The van der Waals surface area contributed by atoms with E-state index in [9.17, 15) is 15.3 Å². The molecule has 1 aliphatic rings. The molecule has 0 aromatic carbocycles. The maximum Gasteiger partial charge on any atom is 0.0789 e. The van der Waals surface area contributed by atoms with E-state index < -0.39 is 11.2 Å². The van der Waals surface area contributed by atoms with Gasteiger partial charge in [-0.15, -0.1) is 9.24 Å². The molecule has 1 aliphatic carbocycles. The molecule has 0 fully saturated rings. The fourth-order valence-electron chi connectivity index (χ4n) is 4.65. The lowest BCUT2D eigenvalue weighted by Gasteiger charge is -2.28. The minimum atomic E-state index is -0.640. The van der Waals surface area contributed by atoms with Gasteiger partial charge in [-0.3, -0.25) is 0 Å². The SMILES string of the molecule is CCCCCC(C)(O)CCCC(C)(O)CCCC(C)CCC1=CC(O)C(C)C(C)=C1P. The summed E-state index contributed by atoms with van der Waals surface area (Å²) in [4.78, 5) is 0. The number of hydrogen-bond donors (Lipinski definition) is 3. The summed E-state index contributed by atoms with van der Waals surface area (Å²) in [5.41, 5.74) is 1.32. The zero-order chi connectivity index (χ0) is 23.7. The quantitative estimate of drug-likeness (QED) is 0.186. The van der Waals surface area contributed by atoms with Gasteiger partial charge in [0, 0.05) is 5.92 Å². The Morgan fingerprint density at radius 1 is 0.968 bits per heavy atom. The van der Waals surface area contributed by atoms with Crippen molar-refractivity contribution < 1.29 is 15.3 Å². The highest BCUT2D eigenvalue weighted by molar-refractivity contribution is 7.23. The molecule has 182 valence electrons. The van der Waals surface area contributed by atoms with E-state index >= 15 is 0 Å². The highest BCUT2D eigenvalue weighted by Crippen LogP contribution is 2.36. The summed E-state index contributed by atoms with van der Waals surface area (Å²) in [5.74, 6) is 0.807. The molecule has 0 aliphatic heterocycles. The van der Waals surface area contributed by atoms with Crippen LogP contribution in [0.4, 0.5) is 0 Å². The van der Waals surface area contributed by atoms with Crippen LogP contribution in [-0.4, -0.2) is 32.6 Å². The average Bonchev–Trinajstić information content (AvgIpc) is 2.67. The fraction of sp³-hybridized carbons (Fsp3) is 0.852. The Hall–Kier alpha value is -0.210. The first-order valence-electron chi connectivity index (χ1n) is 12.7. The maximum absolute atomic E-state index is 10.8. The standard InChI is InChI=1S/C27H51O3P/c1-7-8-9-15-26(5,29)17-11-18-27(6,30)16-10-12-20(2)13-14-23-19-24(28)21(3)22(4)25(23)31/h19-21,24,28-30H,7-18,31H2,1-6H3. The van der Waals surface area contributed by atoms with Gasteiger partial charge in [0.1, 0.15) is 0 Å². The summed E-state index contributed by atoms with van der Waals surface area (Å²) in [6.07, 6.45) is 13.5. The molecule has 0 heterocycles.